The van der Waals surface area contributed by atoms with Gasteiger partial charge in [0.05, 0.1) is 16.6 Å². The second kappa shape index (κ2) is 10.8. The number of sulfonamides is 1. The van der Waals surface area contributed by atoms with Gasteiger partial charge in [-0.3, -0.25) is 9.10 Å². The second-order valence-corrected chi connectivity index (χ2v) is 10.9. The lowest BCUT2D eigenvalue weighted by Crippen LogP contribution is -2.42. The predicted molar refractivity (Wildman–Crippen MR) is 144 cm³/mol. The van der Waals surface area contributed by atoms with Crippen LogP contribution in [0.2, 0.25) is 0 Å². The molecule has 5 nitrogen and oxygen atoms in total. The number of carbonyl (C=O) groups excluding carboxylic acids is 1. The molecule has 0 bridgehead atoms. The first kappa shape index (κ1) is 25.2. The summed E-state index contributed by atoms with van der Waals surface area (Å²) in [5, 5.41) is 3.08. The van der Waals surface area contributed by atoms with Gasteiger partial charge in [-0.25, -0.2) is 8.42 Å². The molecule has 0 saturated carbocycles. The van der Waals surface area contributed by atoms with Crippen LogP contribution in [0.25, 0.3) is 0 Å². The fourth-order valence-corrected chi connectivity index (χ4v) is 5.66. The fraction of sp³-hybridized carbons (Fsp3) is 0.167. The number of rotatable bonds is 8. The lowest BCUT2D eigenvalue weighted by atomic mass is 9.98. The zero-order valence-corrected chi connectivity index (χ0v) is 21.5. The fourth-order valence-electron chi connectivity index (χ4n) is 4.23. The van der Waals surface area contributed by atoms with Crippen molar-refractivity contribution in [3.05, 3.63) is 131 Å². The first-order valence-electron chi connectivity index (χ1n) is 11.8. The SMILES string of the molecule is Cc1ccc(C(NC(=O)CN(c2cc(C)cc(C)c2)S(=O)(=O)c2ccccc2)c2ccccc2)cc1. The molecule has 0 heterocycles. The number of aryl methyl sites for hydroxylation is 3. The molecule has 0 aliphatic carbocycles. The Morgan fingerprint density at radius 1 is 0.722 bits per heavy atom. The van der Waals surface area contributed by atoms with Crippen molar-refractivity contribution in [2.45, 2.75) is 31.7 Å². The highest BCUT2D eigenvalue weighted by molar-refractivity contribution is 7.92. The molecular weight excluding hydrogens is 468 g/mol. The van der Waals surface area contributed by atoms with Crippen molar-refractivity contribution in [2.24, 2.45) is 0 Å². The summed E-state index contributed by atoms with van der Waals surface area (Å²) in [4.78, 5) is 13.6. The van der Waals surface area contributed by atoms with E-state index >= 15 is 0 Å². The van der Waals surface area contributed by atoms with Crippen LogP contribution in [0.4, 0.5) is 5.69 Å². The molecule has 0 aromatic heterocycles. The molecule has 4 aromatic carbocycles. The van der Waals surface area contributed by atoms with Crippen molar-refractivity contribution in [3.63, 3.8) is 0 Å². The predicted octanol–water partition coefficient (Wildman–Crippen LogP) is 5.71. The van der Waals surface area contributed by atoms with Crippen LogP contribution in [-0.2, 0) is 14.8 Å². The first-order chi connectivity index (χ1) is 17.2. The molecule has 6 heteroatoms. The monoisotopic (exact) mass is 498 g/mol. The Morgan fingerprint density at radius 2 is 1.25 bits per heavy atom. The molecule has 1 unspecified atom stereocenters. The number of carbonyl (C=O) groups is 1. The molecule has 0 saturated heterocycles. The van der Waals surface area contributed by atoms with Crippen molar-refractivity contribution >= 4 is 21.6 Å². The van der Waals surface area contributed by atoms with Gasteiger partial charge in [0, 0.05) is 0 Å². The lowest BCUT2D eigenvalue weighted by molar-refractivity contribution is -0.120. The topological polar surface area (TPSA) is 66.5 Å². The van der Waals surface area contributed by atoms with Gasteiger partial charge in [-0.1, -0.05) is 84.4 Å². The van der Waals surface area contributed by atoms with Gasteiger partial charge in [0.25, 0.3) is 10.0 Å². The number of nitrogens with zero attached hydrogens (tertiary/aromatic N) is 1. The van der Waals surface area contributed by atoms with Crippen LogP contribution < -0.4 is 9.62 Å². The normalized spacial score (nSPS) is 12.1. The summed E-state index contributed by atoms with van der Waals surface area (Å²) < 4.78 is 28.6. The zero-order chi connectivity index (χ0) is 25.7. The van der Waals surface area contributed by atoms with Gasteiger partial charge in [0.15, 0.2) is 0 Å². The summed E-state index contributed by atoms with van der Waals surface area (Å²) in [5.41, 5.74) is 5.24. The van der Waals surface area contributed by atoms with Crippen LogP contribution >= 0.6 is 0 Å². The van der Waals surface area contributed by atoms with E-state index in [4.69, 9.17) is 0 Å². The molecule has 1 amide bonds. The van der Waals surface area contributed by atoms with E-state index in [9.17, 15) is 13.2 Å². The summed E-state index contributed by atoms with van der Waals surface area (Å²) in [6, 6.07) is 31.0. The number of amides is 1. The van der Waals surface area contributed by atoms with Crippen LogP contribution in [0.1, 0.15) is 33.9 Å². The molecule has 0 aliphatic rings. The highest BCUT2D eigenvalue weighted by atomic mass is 32.2. The largest absolute Gasteiger partial charge is 0.344 e. The molecule has 184 valence electrons. The highest BCUT2D eigenvalue weighted by Crippen LogP contribution is 2.27. The average molecular weight is 499 g/mol. The van der Waals surface area contributed by atoms with Gasteiger partial charge in [-0.15, -0.1) is 0 Å². The van der Waals surface area contributed by atoms with Gasteiger partial charge < -0.3 is 5.32 Å². The van der Waals surface area contributed by atoms with E-state index in [-0.39, 0.29) is 11.4 Å². The first-order valence-corrected chi connectivity index (χ1v) is 13.2. The Bertz CT molecular complexity index is 1410. The molecular formula is C30H30N2O3S. The minimum absolute atomic E-state index is 0.134. The van der Waals surface area contributed by atoms with Crippen molar-refractivity contribution in [3.8, 4) is 0 Å². The molecule has 1 atom stereocenters. The van der Waals surface area contributed by atoms with E-state index in [2.05, 4.69) is 5.32 Å². The van der Waals surface area contributed by atoms with Crippen LogP contribution in [0.5, 0.6) is 0 Å². The second-order valence-electron chi connectivity index (χ2n) is 8.99. The number of nitrogens with one attached hydrogen (secondary N) is 1. The Labute approximate surface area is 213 Å². The molecule has 0 fully saturated rings. The van der Waals surface area contributed by atoms with Crippen molar-refractivity contribution in [2.75, 3.05) is 10.8 Å². The van der Waals surface area contributed by atoms with Crippen molar-refractivity contribution in [1.82, 2.24) is 5.32 Å². The van der Waals surface area contributed by atoms with E-state index in [1.165, 1.54) is 4.31 Å². The Hall–Kier alpha value is -3.90. The van der Waals surface area contributed by atoms with Gasteiger partial charge in [0.2, 0.25) is 5.91 Å². The summed E-state index contributed by atoms with van der Waals surface area (Å²) in [6.45, 7) is 5.48. The van der Waals surface area contributed by atoms with Gasteiger partial charge in [-0.2, -0.15) is 0 Å². The number of benzene rings is 4. The van der Waals surface area contributed by atoms with E-state index in [0.717, 1.165) is 27.8 Å². The maximum Gasteiger partial charge on any atom is 0.264 e. The molecule has 0 radical (unpaired) electrons. The third-order valence-corrected chi connectivity index (χ3v) is 7.75. The van der Waals surface area contributed by atoms with Crippen LogP contribution in [0, 0.1) is 20.8 Å². The van der Waals surface area contributed by atoms with Crippen molar-refractivity contribution in [1.29, 1.82) is 0 Å². The number of anilines is 1. The summed E-state index contributed by atoms with van der Waals surface area (Å²) in [7, 11) is -3.98. The lowest BCUT2D eigenvalue weighted by Gasteiger charge is -2.27. The maximum atomic E-state index is 13.7. The maximum absolute atomic E-state index is 13.7. The minimum atomic E-state index is -3.98. The van der Waals surface area contributed by atoms with Gasteiger partial charge in [-0.05, 0) is 67.3 Å². The zero-order valence-electron chi connectivity index (χ0n) is 20.7. The minimum Gasteiger partial charge on any atom is -0.344 e. The van der Waals surface area contributed by atoms with E-state index < -0.39 is 22.0 Å². The Balaban J connectivity index is 1.70. The number of hydrogen-bond acceptors (Lipinski definition) is 3. The standard InChI is InChI=1S/C30H30N2O3S/c1-22-14-16-26(17-15-22)30(25-10-6-4-7-11-25)31-29(33)21-32(27-19-23(2)18-24(3)20-27)36(34,35)28-12-8-5-9-13-28/h4-20,30H,21H2,1-3H3,(H,31,33). The molecule has 0 aliphatic heterocycles. The average Bonchev–Trinajstić information content (AvgIpc) is 2.87. The summed E-state index contributed by atoms with van der Waals surface area (Å²) >= 11 is 0. The summed E-state index contributed by atoms with van der Waals surface area (Å²) in [6.07, 6.45) is 0. The quantitative estimate of drug-likeness (QED) is 0.338. The Kier molecular flexibility index (Phi) is 7.55. The van der Waals surface area contributed by atoms with Gasteiger partial charge >= 0.3 is 0 Å². The van der Waals surface area contributed by atoms with E-state index in [0.29, 0.717) is 5.69 Å². The van der Waals surface area contributed by atoms with Crippen LogP contribution in [-0.4, -0.2) is 20.9 Å². The van der Waals surface area contributed by atoms with Crippen LogP contribution in [0.3, 0.4) is 0 Å². The molecule has 36 heavy (non-hydrogen) atoms. The van der Waals surface area contributed by atoms with Crippen molar-refractivity contribution < 1.29 is 13.2 Å². The summed E-state index contributed by atoms with van der Waals surface area (Å²) in [5.74, 6) is -0.400. The van der Waals surface area contributed by atoms with E-state index in [1.54, 1.807) is 42.5 Å². The Morgan fingerprint density at radius 3 is 1.83 bits per heavy atom. The molecule has 1 N–H and O–H groups in total. The third-order valence-electron chi connectivity index (χ3n) is 5.96. The third kappa shape index (κ3) is 5.83. The number of hydrogen-bond donors (Lipinski definition) is 1. The van der Waals surface area contributed by atoms with Crippen LogP contribution in [0.15, 0.2) is 108 Å². The smallest absolute Gasteiger partial charge is 0.264 e. The molecule has 4 aromatic rings. The van der Waals surface area contributed by atoms with Gasteiger partial charge in [0.1, 0.15) is 6.54 Å². The highest BCUT2D eigenvalue weighted by Gasteiger charge is 2.28. The molecule has 0 spiro atoms. The molecule has 4 rings (SSSR count). The van der Waals surface area contributed by atoms with E-state index in [1.807, 2.05) is 81.4 Å².